The number of hydrogen-bond donors (Lipinski definition) is 2. The predicted molar refractivity (Wildman–Crippen MR) is 58.2 cm³/mol. The monoisotopic (exact) mass is 199 g/mol. The van der Waals surface area contributed by atoms with Crippen molar-refractivity contribution in [3.05, 3.63) is 36.5 Å². The summed E-state index contributed by atoms with van der Waals surface area (Å²) in [5.41, 5.74) is 7.59. The van der Waals surface area contributed by atoms with Gasteiger partial charge in [-0.15, -0.1) is 0 Å². The second kappa shape index (κ2) is 2.88. The van der Waals surface area contributed by atoms with Gasteiger partial charge in [-0.1, -0.05) is 17.3 Å². The molecule has 3 aromatic rings. The summed E-state index contributed by atoms with van der Waals surface area (Å²) in [6.07, 6.45) is 1.90. The fraction of sp³-hybridized carbons (Fsp3) is 0. The van der Waals surface area contributed by atoms with Gasteiger partial charge in [0.15, 0.2) is 11.6 Å². The van der Waals surface area contributed by atoms with Crippen LogP contribution in [0.1, 0.15) is 0 Å². The van der Waals surface area contributed by atoms with Gasteiger partial charge in [-0.25, -0.2) is 0 Å². The molecule has 0 unspecified atom stereocenters. The molecule has 0 radical (unpaired) electrons. The molecule has 0 spiro atoms. The van der Waals surface area contributed by atoms with Crippen LogP contribution >= 0.6 is 0 Å². The maximum Gasteiger partial charge on any atom is 0.169 e. The molecule has 0 saturated heterocycles. The Balaban J connectivity index is 2.30. The van der Waals surface area contributed by atoms with Gasteiger partial charge in [-0.2, -0.15) is 0 Å². The third-order valence-electron chi connectivity index (χ3n) is 2.39. The predicted octanol–water partition coefficient (Wildman–Crippen LogP) is 2.41. The van der Waals surface area contributed by atoms with Crippen LogP contribution in [-0.4, -0.2) is 10.1 Å². The van der Waals surface area contributed by atoms with Crippen molar-refractivity contribution in [1.29, 1.82) is 0 Å². The van der Waals surface area contributed by atoms with Gasteiger partial charge in [0, 0.05) is 28.7 Å². The molecule has 1 aromatic carbocycles. The lowest BCUT2D eigenvalue weighted by Gasteiger charge is -1.97. The van der Waals surface area contributed by atoms with Crippen LogP contribution in [0.25, 0.3) is 22.2 Å². The third-order valence-corrected chi connectivity index (χ3v) is 2.39. The number of hydrogen-bond acceptors (Lipinski definition) is 3. The van der Waals surface area contributed by atoms with Gasteiger partial charge >= 0.3 is 0 Å². The molecule has 3 rings (SSSR count). The van der Waals surface area contributed by atoms with Gasteiger partial charge < -0.3 is 15.2 Å². The minimum Gasteiger partial charge on any atom is -0.381 e. The summed E-state index contributed by atoms with van der Waals surface area (Å²) in [6.45, 7) is 0. The van der Waals surface area contributed by atoms with Gasteiger partial charge in [-0.3, -0.25) is 0 Å². The first-order chi connectivity index (χ1) is 7.34. The number of benzene rings is 1. The zero-order chi connectivity index (χ0) is 10.3. The highest BCUT2D eigenvalue weighted by molar-refractivity contribution is 5.93. The Morgan fingerprint density at radius 1 is 1.27 bits per heavy atom. The van der Waals surface area contributed by atoms with Crippen molar-refractivity contribution < 1.29 is 4.52 Å². The molecular formula is C11H9N3O. The first-order valence-electron chi connectivity index (χ1n) is 4.63. The Morgan fingerprint density at radius 2 is 2.20 bits per heavy atom. The second-order valence-corrected chi connectivity index (χ2v) is 3.36. The van der Waals surface area contributed by atoms with E-state index in [1.54, 1.807) is 6.07 Å². The molecule has 0 atom stereocenters. The average Bonchev–Trinajstić information content (AvgIpc) is 2.84. The number of aromatic amines is 1. The van der Waals surface area contributed by atoms with Crippen molar-refractivity contribution in [1.82, 2.24) is 10.1 Å². The zero-order valence-corrected chi connectivity index (χ0v) is 7.90. The number of rotatable bonds is 1. The molecule has 74 valence electrons. The van der Waals surface area contributed by atoms with Crippen molar-refractivity contribution in [2.45, 2.75) is 0 Å². The van der Waals surface area contributed by atoms with Gasteiger partial charge in [0.05, 0.1) is 0 Å². The summed E-state index contributed by atoms with van der Waals surface area (Å²) in [5.74, 6) is 1.09. The lowest BCUT2D eigenvalue weighted by atomic mass is 10.1. The Labute approximate surface area is 85.7 Å². The van der Waals surface area contributed by atoms with Crippen LogP contribution in [0, 0.1) is 0 Å². The van der Waals surface area contributed by atoms with Crippen LogP contribution in [0.4, 0.5) is 5.82 Å². The highest BCUT2D eigenvalue weighted by Crippen LogP contribution is 2.28. The number of fused-ring (bicyclic) bond motifs is 1. The largest absolute Gasteiger partial charge is 0.381 e. The van der Waals surface area contributed by atoms with Gasteiger partial charge in [-0.05, 0) is 12.1 Å². The molecule has 0 bridgehead atoms. The maximum absolute atomic E-state index is 5.52. The Bertz CT molecular complexity index is 609. The molecule has 4 nitrogen and oxygen atoms in total. The number of aromatic nitrogens is 2. The molecule has 4 heteroatoms. The van der Waals surface area contributed by atoms with E-state index in [0.29, 0.717) is 11.6 Å². The average molecular weight is 199 g/mol. The maximum atomic E-state index is 5.52. The first kappa shape index (κ1) is 8.11. The van der Waals surface area contributed by atoms with Crippen LogP contribution in [0.2, 0.25) is 0 Å². The van der Waals surface area contributed by atoms with E-state index < -0.39 is 0 Å². The molecule has 3 N–H and O–H groups in total. The number of nitrogens with one attached hydrogen (secondary N) is 1. The van der Waals surface area contributed by atoms with Crippen LogP contribution < -0.4 is 5.73 Å². The molecule has 0 saturated carbocycles. The summed E-state index contributed by atoms with van der Waals surface area (Å²) >= 11 is 0. The molecule has 0 aliphatic rings. The third kappa shape index (κ3) is 1.19. The first-order valence-corrected chi connectivity index (χ1v) is 4.63. The van der Waals surface area contributed by atoms with E-state index in [-0.39, 0.29) is 0 Å². The van der Waals surface area contributed by atoms with Crippen LogP contribution in [-0.2, 0) is 0 Å². The molecule has 2 heterocycles. The number of nitrogens with two attached hydrogens (primary N) is 1. The number of H-pyrrole nitrogens is 1. The smallest absolute Gasteiger partial charge is 0.169 e. The lowest BCUT2D eigenvalue weighted by molar-refractivity contribution is 0.436. The molecule has 15 heavy (non-hydrogen) atoms. The highest BCUT2D eigenvalue weighted by atomic mass is 16.5. The van der Waals surface area contributed by atoms with Crippen LogP contribution in [0.3, 0.4) is 0 Å². The van der Waals surface area contributed by atoms with Crippen molar-refractivity contribution in [2.75, 3.05) is 5.73 Å². The molecular weight excluding hydrogens is 190 g/mol. The van der Waals surface area contributed by atoms with E-state index in [0.717, 1.165) is 16.5 Å². The molecule has 0 aliphatic heterocycles. The van der Waals surface area contributed by atoms with E-state index in [1.807, 2.05) is 30.5 Å². The van der Waals surface area contributed by atoms with E-state index >= 15 is 0 Å². The number of nitrogens with zero attached hydrogens (tertiary/aromatic N) is 1. The van der Waals surface area contributed by atoms with Crippen LogP contribution in [0.5, 0.6) is 0 Å². The second-order valence-electron chi connectivity index (χ2n) is 3.36. The topological polar surface area (TPSA) is 67.8 Å². The minimum absolute atomic E-state index is 0.400. The van der Waals surface area contributed by atoms with Crippen molar-refractivity contribution >= 4 is 16.7 Å². The van der Waals surface area contributed by atoms with E-state index in [9.17, 15) is 0 Å². The van der Waals surface area contributed by atoms with Gasteiger partial charge in [0.2, 0.25) is 0 Å². The van der Waals surface area contributed by atoms with Crippen molar-refractivity contribution in [2.24, 2.45) is 0 Å². The summed E-state index contributed by atoms with van der Waals surface area (Å²) in [6, 6.07) is 9.69. The number of nitrogen functional groups attached to an aromatic ring is 1. The van der Waals surface area contributed by atoms with Crippen molar-refractivity contribution in [3.63, 3.8) is 0 Å². The number of anilines is 1. The van der Waals surface area contributed by atoms with Crippen molar-refractivity contribution in [3.8, 4) is 11.3 Å². The minimum atomic E-state index is 0.400. The molecule has 0 aliphatic carbocycles. The highest BCUT2D eigenvalue weighted by Gasteiger charge is 2.08. The quantitative estimate of drug-likeness (QED) is 0.632. The summed E-state index contributed by atoms with van der Waals surface area (Å²) in [5, 5.41) is 4.78. The lowest BCUT2D eigenvalue weighted by Crippen LogP contribution is -1.80. The van der Waals surface area contributed by atoms with Gasteiger partial charge in [0.25, 0.3) is 0 Å². The van der Waals surface area contributed by atoms with Crippen LogP contribution in [0.15, 0.2) is 41.1 Å². The zero-order valence-electron chi connectivity index (χ0n) is 7.90. The fourth-order valence-electron chi connectivity index (χ4n) is 1.72. The van der Waals surface area contributed by atoms with E-state index in [4.69, 9.17) is 10.3 Å². The standard InChI is InChI=1S/C11H9N3O/c12-11-6-10(15-14-11)8-2-1-3-9-7(8)4-5-13-9/h1-6,13H,(H2,12,14). The summed E-state index contributed by atoms with van der Waals surface area (Å²) < 4.78 is 5.14. The Morgan fingerprint density at radius 3 is 3.00 bits per heavy atom. The van der Waals surface area contributed by atoms with Gasteiger partial charge in [0.1, 0.15) is 0 Å². The fourth-order valence-corrected chi connectivity index (χ4v) is 1.72. The van der Waals surface area contributed by atoms with E-state index in [2.05, 4.69) is 10.1 Å². The Hall–Kier alpha value is -2.23. The molecule has 0 amide bonds. The Kier molecular flexibility index (Phi) is 1.56. The van der Waals surface area contributed by atoms with E-state index in [1.165, 1.54) is 0 Å². The molecule has 0 fully saturated rings. The SMILES string of the molecule is Nc1cc(-c2cccc3[nH]ccc23)on1. The summed E-state index contributed by atoms with van der Waals surface area (Å²) in [4.78, 5) is 3.14. The normalized spacial score (nSPS) is 10.9. The molecule has 2 aromatic heterocycles. The summed E-state index contributed by atoms with van der Waals surface area (Å²) in [7, 11) is 0.